The fourth-order valence-corrected chi connectivity index (χ4v) is 3.02. The van der Waals surface area contributed by atoms with Crippen molar-refractivity contribution in [1.82, 2.24) is 0 Å². The number of hydrogen-bond donors (Lipinski definition) is 2. The van der Waals surface area contributed by atoms with E-state index in [1.54, 1.807) is 0 Å². The van der Waals surface area contributed by atoms with Crippen molar-refractivity contribution in [1.29, 1.82) is 0 Å². The van der Waals surface area contributed by atoms with Crippen molar-refractivity contribution in [2.24, 2.45) is 5.73 Å². The Bertz CT molecular complexity index is 711. The largest absolute Gasteiger partial charge is 0.395 e. The molecule has 4 nitrogen and oxygen atoms in total. The van der Waals surface area contributed by atoms with Crippen LogP contribution in [0.2, 0.25) is 0 Å². The van der Waals surface area contributed by atoms with Gasteiger partial charge in [0.25, 0.3) is 0 Å². The molecule has 4 heteroatoms. The SMILES string of the molecule is NCc1ccc2c(c1)CC(c1c(N)c(=O)c1=O)CC2. The maximum Gasteiger partial charge on any atom is 0.249 e. The summed E-state index contributed by atoms with van der Waals surface area (Å²) in [5.74, 6) is 0.0886. The summed E-state index contributed by atoms with van der Waals surface area (Å²) in [6, 6.07) is 6.26. The van der Waals surface area contributed by atoms with E-state index in [0.717, 1.165) is 24.8 Å². The summed E-state index contributed by atoms with van der Waals surface area (Å²) in [4.78, 5) is 22.8. The van der Waals surface area contributed by atoms with Crippen LogP contribution in [0.4, 0.5) is 5.69 Å². The van der Waals surface area contributed by atoms with Crippen LogP contribution in [0.3, 0.4) is 0 Å². The first-order valence-electron chi connectivity index (χ1n) is 6.51. The van der Waals surface area contributed by atoms with Gasteiger partial charge in [-0.15, -0.1) is 0 Å². The molecule has 1 aliphatic rings. The topological polar surface area (TPSA) is 86.2 Å². The zero-order valence-electron chi connectivity index (χ0n) is 10.6. The average molecular weight is 256 g/mol. The number of aryl methyl sites for hydroxylation is 1. The highest BCUT2D eigenvalue weighted by Gasteiger charge is 2.29. The summed E-state index contributed by atoms with van der Waals surface area (Å²) in [6.45, 7) is 0.514. The second kappa shape index (κ2) is 4.31. The van der Waals surface area contributed by atoms with Gasteiger partial charge in [0.1, 0.15) is 0 Å². The molecular formula is C15H16N2O2. The minimum absolute atomic E-state index is 0.0886. The Kier molecular flexibility index (Phi) is 2.75. The molecule has 0 amide bonds. The smallest absolute Gasteiger partial charge is 0.249 e. The van der Waals surface area contributed by atoms with Crippen LogP contribution in [-0.2, 0) is 19.4 Å². The van der Waals surface area contributed by atoms with Gasteiger partial charge in [0.2, 0.25) is 10.9 Å². The number of anilines is 1. The van der Waals surface area contributed by atoms with E-state index in [9.17, 15) is 9.59 Å². The fourth-order valence-electron chi connectivity index (χ4n) is 3.02. The van der Waals surface area contributed by atoms with Crippen LogP contribution >= 0.6 is 0 Å². The first-order valence-corrected chi connectivity index (χ1v) is 6.51. The van der Waals surface area contributed by atoms with Crippen LogP contribution in [0, 0.1) is 0 Å². The molecule has 2 aromatic carbocycles. The Morgan fingerprint density at radius 2 is 1.95 bits per heavy atom. The monoisotopic (exact) mass is 256 g/mol. The Morgan fingerprint density at radius 1 is 1.16 bits per heavy atom. The summed E-state index contributed by atoms with van der Waals surface area (Å²) in [5, 5.41) is 0. The minimum atomic E-state index is -0.517. The predicted molar refractivity (Wildman–Crippen MR) is 74.9 cm³/mol. The molecule has 4 N–H and O–H groups in total. The van der Waals surface area contributed by atoms with E-state index in [1.165, 1.54) is 11.1 Å². The van der Waals surface area contributed by atoms with E-state index in [4.69, 9.17) is 11.5 Å². The van der Waals surface area contributed by atoms with Crippen LogP contribution in [0.1, 0.15) is 34.6 Å². The fraction of sp³-hybridized carbons (Fsp3) is 0.333. The molecule has 0 aliphatic heterocycles. The molecule has 0 fully saturated rings. The van der Waals surface area contributed by atoms with Gasteiger partial charge >= 0.3 is 0 Å². The van der Waals surface area contributed by atoms with Gasteiger partial charge in [-0.3, -0.25) is 9.59 Å². The molecule has 1 aliphatic carbocycles. The minimum Gasteiger partial charge on any atom is -0.395 e. The number of hydrogen-bond acceptors (Lipinski definition) is 4. The predicted octanol–water partition coefficient (Wildman–Crippen LogP) is 0.596. The number of nitrogen functional groups attached to an aromatic ring is 1. The van der Waals surface area contributed by atoms with Gasteiger partial charge < -0.3 is 11.5 Å². The van der Waals surface area contributed by atoms with E-state index < -0.39 is 5.43 Å². The highest BCUT2D eigenvalue weighted by molar-refractivity contribution is 5.55. The molecule has 0 spiro atoms. The molecule has 98 valence electrons. The summed E-state index contributed by atoms with van der Waals surface area (Å²) in [5.41, 5.74) is 14.8. The third-order valence-corrected chi connectivity index (χ3v) is 4.13. The summed E-state index contributed by atoms with van der Waals surface area (Å²) >= 11 is 0. The summed E-state index contributed by atoms with van der Waals surface area (Å²) < 4.78 is 0. The molecule has 0 heterocycles. The van der Waals surface area contributed by atoms with Crippen molar-refractivity contribution < 1.29 is 0 Å². The lowest BCUT2D eigenvalue weighted by Gasteiger charge is -2.26. The van der Waals surface area contributed by atoms with Gasteiger partial charge in [0.15, 0.2) is 0 Å². The molecule has 0 radical (unpaired) electrons. The zero-order valence-corrected chi connectivity index (χ0v) is 10.6. The van der Waals surface area contributed by atoms with E-state index in [-0.39, 0.29) is 17.0 Å². The maximum atomic E-state index is 11.6. The van der Waals surface area contributed by atoms with Crippen molar-refractivity contribution >= 4 is 5.69 Å². The van der Waals surface area contributed by atoms with Gasteiger partial charge in [-0.05, 0) is 41.9 Å². The van der Waals surface area contributed by atoms with Crippen LogP contribution in [-0.4, -0.2) is 0 Å². The molecule has 0 aromatic heterocycles. The standard InChI is InChI=1S/C15H16N2O2/c16-7-8-1-2-9-3-4-10(6-11(9)5-8)12-13(17)15(19)14(12)18/h1-2,5,10H,3-4,6-7,16-17H2. The number of benzene rings is 1. The molecule has 19 heavy (non-hydrogen) atoms. The van der Waals surface area contributed by atoms with Crippen molar-refractivity contribution in [3.63, 3.8) is 0 Å². The highest BCUT2D eigenvalue weighted by Crippen LogP contribution is 2.33. The van der Waals surface area contributed by atoms with Gasteiger partial charge in [-0.1, -0.05) is 18.2 Å². The second-order valence-electron chi connectivity index (χ2n) is 5.23. The first kappa shape index (κ1) is 12.1. The molecule has 2 aromatic rings. The third kappa shape index (κ3) is 1.79. The highest BCUT2D eigenvalue weighted by atomic mass is 16.2. The summed E-state index contributed by atoms with van der Waals surface area (Å²) in [7, 11) is 0. The molecule has 0 saturated heterocycles. The lowest BCUT2D eigenvalue weighted by Crippen LogP contribution is -2.40. The zero-order chi connectivity index (χ0) is 13.6. The Hall–Kier alpha value is -1.94. The van der Waals surface area contributed by atoms with E-state index in [0.29, 0.717) is 12.1 Å². The van der Waals surface area contributed by atoms with Crippen LogP contribution < -0.4 is 22.3 Å². The number of rotatable bonds is 2. The molecule has 3 rings (SSSR count). The van der Waals surface area contributed by atoms with Gasteiger partial charge in [0, 0.05) is 12.1 Å². The van der Waals surface area contributed by atoms with Crippen LogP contribution in [0.5, 0.6) is 0 Å². The van der Waals surface area contributed by atoms with E-state index >= 15 is 0 Å². The van der Waals surface area contributed by atoms with Gasteiger partial charge in [-0.25, -0.2) is 0 Å². The van der Waals surface area contributed by atoms with Gasteiger partial charge in [-0.2, -0.15) is 0 Å². The van der Waals surface area contributed by atoms with Crippen molar-refractivity contribution in [3.05, 3.63) is 60.9 Å². The number of fused-ring (bicyclic) bond motifs is 1. The number of nitrogens with two attached hydrogens (primary N) is 2. The first-order chi connectivity index (χ1) is 9.11. The Morgan fingerprint density at radius 3 is 2.63 bits per heavy atom. The van der Waals surface area contributed by atoms with Crippen LogP contribution in [0.25, 0.3) is 0 Å². The average Bonchev–Trinajstić information content (AvgIpc) is 2.46. The molecule has 1 unspecified atom stereocenters. The maximum absolute atomic E-state index is 11.6. The van der Waals surface area contributed by atoms with Crippen molar-refractivity contribution in [3.8, 4) is 0 Å². The normalized spacial score (nSPS) is 18.5. The van der Waals surface area contributed by atoms with Gasteiger partial charge in [0.05, 0.1) is 5.69 Å². The van der Waals surface area contributed by atoms with Crippen molar-refractivity contribution in [2.45, 2.75) is 31.7 Å². The van der Waals surface area contributed by atoms with E-state index in [2.05, 4.69) is 12.1 Å². The molecular weight excluding hydrogens is 240 g/mol. The second-order valence-corrected chi connectivity index (χ2v) is 5.23. The summed E-state index contributed by atoms with van der Waals surface area (Å²) in [6.07, 6.45) is 2.57. The van der Waals surface area contributed by atoms with Crippen LogP contribution in [0.15, 0.2) is 27.8 Å². The van der Waals surface area contributed by atoms with Crippen molar-refractivity contribution in [2.75, 3.05) is 5.73 Å². The lowest BCUT2D eigenvalue weighted by molar-refractivity contribution is 0.578. The molecule has 1 atom stereocenters. The molecule has 0 bridgehead atoms. The Labute approximate surface area is 110 Å². The molecule has 0 saturated carbocycles. The third-order valence-electron chi connectivity index (χ3n) is 4.13. The quantitative estimate of drug-likeness (QED) is 0.770. The Balaban J connectivity index is 1.94. The lowest BCUT2D eigenvalue weighted by atomic mass is 9.78. The van der Waals surface area contributed by atoms with E-state index in [1.807, 2.05) is 6.07 Å².